The van der Waals surface area contributed by atoms with E-state index >= 15 is 0 Å². The van der Waals surface area contributed by atoms with E-state index in [4.69, 9.17) is 9.47 Å². The third-order valence-electron chi connectivity index (χ3n) is 2.59. The Kier molecular flexibility index (Phi) is 3.02. The van der Waals surface area contributed by atoms with Gasteiger partial charge < -0.3 is 9.47 Å². The van der Waals surface area contributed by atoms with Crippen LogP contribution in [0.3, 0.4) is 0 Å². The highest BCUT2D eigenvalue weighted by Crippen LogP contribution is 2.21. The summed E-state index contributed by atoms with van der Waals surface area (Å²) in [6.45, 7) is 2.92. The Balaban J connectivity index is 1.70. The standard InChI is InChI=1S/C12H14O3/c1-9-11(15-12(9)13)8-14-7-10-5-3-2-4-6-10/h2-6,9,11H,7-8H2,1H3/t9-,11-/m1/s1. The molecule has 1 aliphatic rings. The van der Waals surface area contributed by atoms with Crippen LogP contribution in [0.2, 0.25) is 0 Å². The molecule has 1 aliphatic heterocycles. The van der Waals surface area contributed by atoms with E-state index in [9.17, 15) is 4.79 Å². The molecule has 1 aromatic carbocycles. The number of hydrogen-bond donors (Lipinski definition) is 0. The molecule has 3 nitrogen and oxygen atoms in total. The molecule has 0 aromatic heterocycles. The van der Waals surface area contributed by atoms with Crippen molar-refractivity contribution in [3.8, 4) is 0 Å². The van der Waals surface area contributed by atoms with Crippen LogP contribution >= 0.6 is 0 Å². The first-order valence-corrected chi connectivity index (χ1v) is 5.09. The maximum absolute atomic E-state index is 10.8. The van der Waals surface area contributed by atoms with Gasteiger partial charge in [-0.1, -0.05) is 30.3 Å². The Bertz CT molecular complexity index is 334. The van der Waals surface area contributed by atoms with Crippen molar-refractivity contribution in [1.29, 1.82) is 0 Å². The summed E-state index contributed by atoms with van der Waals surface area (Å²) in [5, 5.41) is 0. The molecule has 0 unspecified atom stereocenters. The lowest BCUT2D eigenvalue weighted by atomic mass is 10.0. The van der Waals surface area contributed by atoms with Crippen LogP contribution in [-0.2, 0) is 20.9 Å². The summed E-state index contributed by atoms with van der Waals surface area (Å²) in [6.07, 6.45) is -0.0544. The normalized spacial score (nSPS) is 24.5. The van der Waals surface area contributed by atoms with Crippen molar-refractivity contribution < 1.29 is 14.3 Å². The summed E-state index contributed by atoms with van der Waals surface area (Å²) in [6, 6.07) is 9.95. The van der Waals surface area contributed by atoms with Crippen molar-refractivity contribution in [2.75, 3.05) is 6.61 Å². The van der Waals surface area contributed by atoms with Crippen LogP contribution < -0.4 is 0 Å². The second-order valence-corrected chi connectivity index (χ2v) is 3.76. The molecule has 0 amide bonds. The second kappa shape index (κ2) is 4.45. The Morgan fingerprint density at radius 3 is 2.67 bits per heavy atom. The molecule has 3 heteroatoms. The highest BCUT2D eigenvalue weighted by molar-refractivity contribution is 5.78. The van der Waals surface area contributed by atoms with Crippen LogP contribution in [0.4, 0.5) is 0 Å². The number of esters is 1. The van der Waals surface area contributed by atoms with Gasteiger partial charge in [-0.3, -0.25) is 4.79 Å². The average Bonchev–Trinajstić information content (AvgIpc) is 2.29. The van der Waals surface area contributed by atoms with Gasteiger partial charge in [-0.15, -0.1) is 0 Å². The van der Waals surface area contributed by atoms with Crippen molar-refractivity contribution in [1.82, 2.24) is 0 Å². The molecular weight excluding hydrogens is 192 g/mol. The van der Waals surface area contributed by atoms with Gasteiger partial charge in [0.15, 0.2) is 0 Å². The first-order valence-electron chi connectivity index (χ1n) is 5.09. The highest BCUT2D eigenvalue weighted by Gasteiger charge is 2.38. The molecule has 1 heterocycles. The zero-order valence-corrected chi connectivity index (χ0v) is 8.68. The topological polar surface area (TPSA) is 35.5 Å². The van der Waals surface area contributed by atoms with E-state index < -0.39 is 0 Å². The Morgan fingerprint density at radius 1 is 1.33 bits per heavy atom. The zero-order valence-electron chi connectivity index (χ0n) is 8.68. The smallest absolute Gasteiger partial charge is 0.312 e. The predicted octanol–water partition coefficient (Wildman–Crippen LogP) is 1.76. The fourth-order valence-electron chi connectivity index (χ4n) is 1.48. The van der Waals surface area contributed by atoms with Gasteiger partial charge in [0.05, 0.1) is 19.1 Å². The molecule has 0 N–H and O–H groups in total. The average molecular weight is 206 g/mol. The number of ether oxygens (including phenoxy) is 2. The largest absolute Gasteiger partial charge is 0.459 e. The zero-order chi connectivity index (χ0) is 10.7. The number of hydrogen-bond acceptors (Lipinski definition) is 3. The van der Waals surface area contributed by atoms with Crippen LogP contribution in [0.15, 0.2) is 30.3 Å². The molecule has 0 bridgehead atoms. The number of rotatable bonds is 4. The van der Waals surface area contributed by atoms with Crippen molar-refractivity contribution in [2.24, 2.45) is 5.92 Å². The lowest BCUT2D eigenvalue weighted by Gasteiger charge is -2.32. The van der Waals surface area contributed by atoms with Crippen molar-refractivity contribution in [3.05, 3.63) is 35.9 Å². The van der Waals surface area contributed by atoms with Crippen LogP contribution in [0.5, 0.6) is 0 Å². The molecule has 1 aromatic rings. The minimum Gasteiger partial charge on any atom is -0.459 e. The lowest BCUT2D eigenvalue weighted by molar-refractivity contribution is -0.189. The molecule has 15 heavy (non-hydrogen) atoms. The summed E-state index contributed by atoms with van der Waals surface area (Å²) in [5.74, 6) is -0.135. The molecular formula is C12H14O3. The molecule has 1 fully saturated rings. The van der Waals surface area contributed by atoms with Gasteiger partial charge in [-0.2, -0.15) is 0 Å². The third kappa shape index (κ3) is 2.36. The fourth-order valence-corrected chi connectivity index (χ4v) is 1.48. The Hall–Kier alpha value is -1.35. The van der Waals surface area contributed by atoms with E-state index in [1.807, 2.05) is 37.3 Å². The summed E-state index contributed by atoms with van der Waals surface area (Å²) in [5.41, 5.74) is 1.14. The first-order chi connectivity index (χ1) is 7.27. The minimum absolute atomic E-state index is 0.0132. The third-order valence-corrected chi connectivity index (χ3v) is 2.59. The molecule has 1 saturated heterocycles. The SMILES string of the molecule is C[C@H]1C(=O)O[C@@H]1COCc1ccccc1. The van der Waals surface area contributed by atoms with E-state index in [0.29, 0.717) is 13.2 Å². The summed E-state index contributed by atoms with van der Waals surface area (Å²) < 4.78 is 10.4. The highest BCUT2D eigenvalue weighted by atomic mass is 16.6. The van der Waals surface area contributed by atoms with Crippen molar-refractivity contribution in [3.63, 3.8) is 0 Å². The van der Waals surface area contributed by atoms with Gasteiger partial charge in [0, 0.05) is 0 Å². The van der Waals surface area contributed by atoms with Gasteiger partial charge in [0.25, 0.3) is 0 Å². The predicted molar refractivity (Wildman–Crippen MR) is 55.1 cm³/mol. The fraction of sp³-hybridized carbons (Fsp3) is 0.417. The summed E-state index contributed by atoms with van der Waals surface area (Å²) >= 11 is 0. The number of carbonyl (C=O) groups excluding carboxylic acids is 1. The van der Waals surface area contributed by atoms with Crippen LogP contribution in [0.1, 0.15) is 12.5 Å². The Morgan fingerprint density at radius 2 is 2.07 bits per heavy atom. The lowest BCUT2D eigenvalue weighted by Crippen LogP contribution is -2.45. The van der Waals surface area contributed by atoms with Crippen LogP contribution in [0, 0.1) is 5.92 Å². The Labute approximate surface area is 89.0 Å². The molecule has 2 atom stereocenters. The number of carbonyl (C=O) groups is 1. The van der Waals surface area contributed by atoms with Crippen molar-refractivity contribution in [2.45, 2.75) is 19.6 Å². The van der Waals surface area contributed by atoms with Gasteiger partial charge in [-0.05, 0) is 12.5 Å². The molecule has 0 saturated carbocycles. The number of benzene rings is 1. The summed E-state index contributed by atoms with van der Waals surface area (Å²) in [4.78, 5) is 10.8. The van der Waals surface area contributed by atoms with E-state index in [0.717, 1.165) is 5.56 Å². The first kappa shape index (κ1) is 10.2. The number of cyclic esters (lactones) is 1. The summed E-state index contributed by atoms with van der Waals surface area (Å²) in [7, 11) is 0. The van der Waals surface area contributed by atoms with Crippen LogP contribution in [-0.4, -0.2) is 18.7 Å². The van der Waals surface area contributed by atoms with Gasteiger partial charge in [-0.25, -0.2) is 0 Å². The molecule has 2 rings (SSSR count). The van der Waals surface area contributed by atoms with Crippen LogP contribution in [0.25, 0.3) is 0 Å². The second-order valence-electron chi connectivity index (χ2n) is 3.76. The molecule has 0 aliphatic carbocycles. The van der Waals surface area contributed by atoms with E-state index in [1.54, 1.807) is 0 Å². The van der Waals surface area contributed by atoms with Gasteiger partial charge in [0.2, 0.25) is 0 Å². The van der Waals surface area contributed by atoms with Gasteiger partial charge >= 0.3 is 5.97 Å². The van der Waals surface area contributed by atoms with Crippen molar-refractivity contribution >= 4 is 5.97 Å². The van der Waals surface area contributed by atoms with E-state index in [-0.39, 0.29) is 18.0 Å². The van der Waals surface area contributed by atoms with E-state index in [1.165, 1.54) is 0 Å². The quantitative estimate of drug-likeness (QED) is 0.704. The molecule has 0 spiro atoms. The maximum atomic E-state index is 10.8. The molecule has 80 valence electrons. The maximum Gasteiger partial charge on any atom is 0.312 e. The monoisotopic (exact) mass is 206 g/mol. The minimum atomic E-state index is -0.122. The molecule has 0 radical (unpaired) electrons. The van der Waals surface area contributed by atoms with Gasteiger partial charge in [0.1, 0.15) is 6.10 Å². The van der Waals surface area contributed by atoms with E-state index in [2.05, 4.69) is 0 Å².